The smallest absolute Gasteiger partial charge is 0.358 e. The zero-order chi connectivity index (χ0) is 17.0. The van der Waals surface area contributed by atoms with E-state index in [0.29, 0.717) is 10.3 Å². The van der Waals surface area contributed by atoms with Crippen LogP contribution in [0, 0.1) is 26.7 Å². The Morgan fingerprint density at radius 3 is 1.26 bits per heavy atom. The van der Waals surface area contributed by atoms with E-state index in [0.717, 1.165) is 17.5 Å². The summed E-state index contributed by atoms with van der Waals surface area (Å²) in [7, 11) is 0.0584. The zero-order valence-electron chi connectivity index (χ0n) is 19.2. The standard InChI is InChI=1S/C16H33P.C5H10.2CH4.2CH3.Fe/c1-12-10-9-11-14(12)13(2)17(15(3,4)5)16(6,7)8;1-2-4-5-3-1;;;;;/h12-14H,9-11H2,1-8H3;1-5H2;2*1H4;2*1H3;/q;;;;2*-1;+2/t12?,13-,14?;;;;;;/m1....../s1. The van der Waals surface area contributed by atoms with E-state index in [4.69, 9.17) is 0 Å². The maximum absolute atomic E-state index is 2.55. The molecule has 0 spiro atoms. The van der Waals surface area contributed by atoms with Gasteiger partial charge in [-0.3, -0.25) is 0 Å². The van der Waals surface area contributed by atoms with Gasteiger partial charge in [0.05, 0.1) is 0 Å². The van der Waals surface area contributed by atoms with Gasteiger partial charge in [0.1, 0.15) is 0 Å². The first-order valence-corrected chi connectivity index (χ1v) is 11.3. The third-order valence-corrected chi connectivity index (χ3v) is 9.74. The molecule has 0 N–H and O–H groups in total. The van der Waals surface area contributed by atoms with Gasteiger partial charge >= 0.3 is 17.1 Å². The molecule has 2 unspecified atom stereocenters. The summed E-state index contributed by atoms with van der Waals surface area (Å²) in [5.74, 6) is 1.94. The maximum Gasteiger partial charge on any atom is 2.00 e. The van der Waals surface area contributed by atoms with E-state index < -0.39 is 0 Å². The van der Waals surface area contributed by atoms with E-state index in [2.05, 4.69) is 55.4 Å². The van der Waals surface area contributed by atoms with Crippen molar-refractivity contribution in [3.05, 3.63) is 14.9 Å². The molecular weight excluding hydrogens is 387 g/mol. The van der Waals surface area contributed by atoms with Crippen molar-refractivity contribution in [1.82, 2.24) is 0 Å². The second kappa shape index (κ2) is 16.7. The second-order valence-corrected chi connectivity index (χ2v) is 14.0. The topological polar surface area (TPSA) is 0 Å². The van der Waals surface area contributed by atoms with E-state index in [9.17, 15) is 0 Å². The van der Waals surface area contributed by atoms with Crippen LogP contribution in [-0.2, 0) is 17.1 Å². The van der Waals surface area contributed by atoms with Gasteiger partial charge in [0.15, 0.2) is 0 Å². The Bertz CT molecular complexity index is 288. The van der Waals surface area contributed by atoms with Gasteiger partial charge in [-0.1, -0.05) is 123 Å². The Morgan fingerprint density at radius 1 is 0.704 bits per heavy atom. The Balaban J connectivity index is -0.000000141. The van der Waals surface area contributed by atoms with Crippen molar-refractivity contribution >= 4 is 7.92 Å². The zero-order valence-corrected chi connectivity index (χ0v) is 21.2. The molecule has 0 aliphatic heterocycles. The molecule has 27 heavy (non-hydrogen) atoms. The van der Waals surface area contributed by atoms with Crippen LogP contribution < -0.4 is 0 Å². The normalized spacial score (nSPS) is 22.6. The van der Waals surface area contributed by atoms with Crippen molar-refractivity contribution in [2.24, 2.45) is 11.8 Å². The number of rotatable bonds is 2. The molecule has 2 heteroatoms. The van der Waals surface area contributed by atoms with Crippen LogP contribution in [0.3, 0.4) is 0 Å². The van der Waals surface area contributed by atoms with Gasteiger partial charge in [-0.05, 0) is 34.2 Å². The monoisotopic (exact) mass is 444 g/mol. The van der Waals surface area contributed by atoms with E-state index in [1.165, 1.54) is 51.4 Å². The summed E-state index contributed by atoms with van der Waals surface area (Å²) in [5, 5.41) is 0.963. The van der Waals surface area contributed by atoms with Crippen molar-refractivity contribution in [2.45, 2.75) is 138 Å². The van der Waals surface area contributed by atoms with Crippen LogP contribution in [0.1, 0.15) is 122 Å². The van der Waals surface area contributed by atoms with E-state index in [-0.39, 0.29) is 54.7 Å². The first kappa shape index (κ1) is 38.5. The average molecular weight is 445 g/mol. The fourth-order valence-electron chi connectivity index (χ4n) is 5.19. The quantitative estimate of drug-likeness (QED) is 0.226. The summed E-state index contributed by atoms with van der Waals surface area (Å²) in [6.07, 6.45) is 11.9. The van der Waals surface area contributed by atoms with Crippen molar-refractivity contribution in [1.29, 1.82) is 0 Å². The number of hydrogen-bond acceptors (Lipinski definition) is 0. The molecule has 0 aromatic rings. The second-order valence-electron chi connectivity index (χ2n) is 9.79. The fourth-order valence-corrected chi connectivity index (χ4v) is 10.5. The summed E-state index contributed by atoms with van der Waals surface area (Å²) in [4.78, 5) is 0. The maximum atomic E-state index is 2.55. The van der Waals surface area contributed by atoms with Gasteiger partial charge in [0.2, 0.25) is 0 Å². The minimum atomic E-state index is 0. The molecule has 3 atom stereocenters. The van der Waals surface area contributed by atoms with E-state index in [1.54, 1.807) is 0 Å². The molecule has 0 aromatic heterocycles. The predicted molar refractivity (Wildman–Crippen MR) is 132 cm³/mol. The molecule has 0 radical (unpaired) electrons. The summed E-state index contributed by atoms with van der Waals surface area (Å²) in [6.45, 7) is 19.8. The SMILES string of the molecule is C.C.C1CCCC1.CC1CCCC1[C@@H](C)P(C(C)(C)C)C(C)(C)C.[CH3-].[CH3-].[Fe+2]. The Hall–Kier alpha value is 0.949. The van der Waals surface area contributed by atoms with Crippen LogP contribution in [-0.4, -0.2) is 16.0 Å². The summed E-state index contributed by atoms with van der Waals surface area (Å²) < 4.78 is 0. The molecule has 0 nitrogen and oxygen atoms in total. The van der Waals surface area contributed by atoms with Crippen molar-refractivity contribution in [2.75, 3.05) is 0 Å². The van der Waals surface area contributed by atoms with Crippen LogP contribution in [0.4, 0.5) is 0 Å². The van der Waals surface area contributed by atoms with Crippen molar-refractivity contribution < 1.29 is 17.1 Å². The molecular formula is C25H57FeP. The number of hydrogen-bond donors (Lipinski definition) is 0. The third kappa shape index (κ3) is 13.0. The van der Waals surface area contributed by atoms with Gasteiger partial charge < -0.3 is 14.9 Å². The molecule has 0 heterocycles. The van der Waals surface area contributed by atoms with Crippen LogP contribution in [0.5, 0.6) is 0 Å². The van der Waals surface area contributed by atoms with Gasteiger partial charge in [0, 0.05) is 0 Å². The molecule has 2 aliphatic carbocycles. The molecule has 2 saturated carbocycles. The minimum absolute atomic E-state index is 0. The summed E-state index contributed by atoms with van der Waals surface area (Å²) >= 11 is 0. The average Bonchev–Trinajstić information content (AvgIpc) is 2.97. The van der Waals surface area contributed by atoms with Crippen LogP contribution in [0.15, 0.2) is 0 Å². The summed E-state index contributed by atoms with van der Waals surface area (Å²) in [5.41, 5.74) is 0.919. The van der Waals surface area contributed by atoms with E-state index in [1.807, 2.05) is 0 Å². The van der Waals surface area contributed by atoms with E-state index >= 15 is 0 Å². The van der Waals surface area contributed by atoms with Crippen LogP contribution in [0.2, 0.25) is 0 Å². The molecule has 0 amide bonds. The molecule has 170 valence electrons. The van der Waals surface area contributed by atoms with Crippen LogP contribution >= 0.6 is 7.92 Å². The Kier molecular flexibility index (Phi) is 23.9. The van der Waals surface area contributed by atoms with Gasteiger partial charge in [0.25, 0.3) is 0 Å². The largest absolute Gasteiger partial charge is 2.00 e. The first-order chi connectivity index (χ1) is 10.0. The van der Waals surface area contributed by atoms with Gasteiger partial charge in [-0.15, -0.1) is 0 Å². The van der Waals surface area contributed by atoms with Gasteiger partial charge in [-0.25, -0.2) is 0 Å². The molecule has 2 aliphatic rings. The Morgan fingerprint density at radius 2 is 1.04 bits per heavy atom. The molecule has 2 fully saturated rings. The third-order valence-electron chi connectivity index (χ3n) is 5.65. The molecule has 0 bridgehead atoms. The predicted octanol–water partition coefficient (Wildman–Crippen LogP) is 10.0. The fraction of sp³-hybridized carbons (Fsp3) is 0.920. The molecule has 0 saturated heterocycles. The van der Waals surface area contributed by atoms with Crippen molar-refractivity contribution in [3.8, 4) is 0 Å². The van der Waals surface area contributed by atoms with Crippen molar-refractivity contribution in [3.63, 3.8) is 0 Å². The summed E-state index contributed by atoms with van der Waals surface area (Å²) in [6, 6.07) is 0. The minimum Gasteiger partial charge on any atom is -0.358 e. The van der Waals surface area contributed by atoms with Gasteiger partial charge in [-0.2, -0.15) is 0 Å². The first-order valence-electron chi connectivity index (χ1n) is 9.84. The molecule has 2 rings (SSSR count). The molecule has 0 aromatic carbocycles. The Labute approximate surface area is 189 Å². The van der Waals surface area contributed by atoms with Crippen LogP contribution in [0.25, 0.3) is 0 Å².